The molecule has 0 N–H and O–H groups in total. The summed E-state index contributed by atoms with van der Waals surface area (Å²) in [5, 5.41) is 6.14. The third kappa shape index (κ3) is 4.00. The van der Waals surface area contributed by atoms with Gasteiger partial charge >= 0.3 is 0 Å². The smallest absolute Gasteiger partial charge is 0.263 e. The number of rotatable bonds is 8. The predicted octanol–water partition coefficient (Wildman–Crippen LogP) is 5.08. The summed E-state index contributed by atoms with van der Waals surface area (Å²) in [6.07, 6.45) is 1.71. The van der Waals surface area contributed by atoms with E-state index in [2.05, 4.69) is 11.6 Å². The third-order valence-corrected chi connectivity index (χ3v) is 7.15. The minimum atomic E-state index is -0.0343. The van der Waals surface area contributed by atoms with Gasteiger partial charge in [0.2, 0.25) is 0 Å². The number of benzene rings is 1. The highest BCUT2D eigenvalue weighted by Crippen LogP contribution is 2.34. The molecule has 30 heavy (non-hydrogen) atoms. The first-order valence-electron chi connectivity index (χ1n) is 9.03. The van der Waals surface area contributed by atoms with Crippen LogP contribution < -0.4 is 15.0 Å². The first kappa shape index (κ1) is 20.6. The fourth-order valence-corrected chi connectivity index (χ4v) is 5.57. The molecule has 154 valence electrons. The van der Waals surface area contributed by atoms with Crippen LogP contribution >= 0.6 is 34.4 Å². The van der Waals surface area contributed by atoms with Crippen LogP contribution in [0, 0.1) is 0 Å². The van der Waals surface area contributed by atoms with Gasteiger partial charge in [-0.25, -0.2) is 9.97 Å². The average Bonchev–Trinajstić information content (AvgIpc) is 3.43. The molecular weight excluding hydrogens is 438 g/mol. The highest BCUT2D eigenvalue weighted by atomic mass is 32.2. The SMILES string of the molecule is C=CCn1c(SCc2csc(-c3ccc(OC)c(OC)c3)n2)nc2sccc2c1=O. The summed E-state index contributed by atoms with van der Waals surface area (Å²) in [7, 11) is 3.23. The quantitative estimate of drug-likeness (QED) is 0.209. The van der Waals surface area contributed by atoms with E-state index in [9.17, 15) is 4.79 Å². The molecule has 0 fully saturated rings. The van der Waals surface area contributed by atoms with E-state index >= 15 is 0 Å². The zero-order valence-corrected chi connectivity index (χ0v) is 18.9. The van der Waals surface area contributed by atoms with Crippen LogP contribution in [-0.2, 0) is 12.3 Å². The Labute approximate surface area is 185 Å². The molecule has 0 bridgehead atoms. The molecule has 0 amide bonds. The minimum absolute atomic E-state index is 0.0343. The second-order valence-corrected chi connectivity index (χ2v) is 8.94. The van der Waals surface area contributed by atoms with Crippen molar-refractivity contribution in [2.75, 3.05) is 14.2 Å². The van der Waals surface area contributed by atoms with E-state index in [1.165, 1.54) is 23.1 Å². The third-order valence-electron chi connectivity index (χ3n) is 4.39. The second kappa shape index (κ2) is 9.03. The number of nitrogens with zero attached hydrogens (tertiary/aromatic N) is 3. The average molecular weight is 458 g/mol. The summed E-state index contributed by atoms with van der Waals surface area (Å²) in [5.41, 5.74) is 1.86. The zero-order valence-electron chi connectivity index (χ0n) is 16.5. The van der Waals surface area contributed by atoms with Gasteiger partial charge in [0, 0.05) is 23.2 Å². The standard InChI is InChI=1S/C21H19N3O3S3/c1-4-8-24-20(25)15-7-9-28-19(15)23-21(24)30-12-14-11-29-18(22-14)13-5-6-16(26-2)17(10-13)27-3/h4-7,9-11H,1,8,12H2,2-3H3. The van der Waals surface area contributed by atoms with Crippen LogP contribution in [0.4, 0.5) is 0 Å². The molecule has 3 heterocycles. The molecule has 0 atom stereocenters. The van der Waals surface area contributed by atoms with E-state index in [4.69, 9.17) is 14.5 Å². The van der Waals surface area contributed by atoms with Crippen LogP contribution in [0.3, 0.4) is 0 Å². The molecule has 4 aromatic rings. The van der Waals surface area contributed by atoms with Gasteiger partial charge in [-0.15, -0.1) is 29.3 Å². The Kier molecular flexibility index (Phi) is 6.21. The number of hydrogen-bond acceptors (Lipinski definition) is 8. The number of thiophene rings is 1. The van der Waals surface area contributed by atoms with Gasteiger partial charge in [0.25, 0.3) is 5.56 Å². The van der Waals surface area contributed by atoms with Gasteiger partial charge in [0.15, 0.2) is 16.7 Å². The number of thiazole rings is 1. The highest BCUT2D eigenvalue weighted by Gasteiger charge is 2.14. The van der Waals surface area contributed by atoms with E-state index in [1.54, 1.807) is 36.2 Å². The van der Waals surface area contributed by atoms with Crippen LogP contribution in [0.1, 0.15) is 5.69 Å². The van der Waals surface area contributed by atoms with Crippen molar-refractivity contribution in [1.29, 1.82) is 0 Å². The maximum absolute atomic E-state index is 12.7. The Hall–Kier alpha value is -2.62. The summed E-state index contributed by atoms with van der Waals surface area (Å²) >= 11 is 4.55. The Balaban J connectivity index is 1.57. The Morgan fingerprint density at radius 3 is 2.77 bits per heavy atom. The molecule has 0 unspecified atom stereocenters. The van der Waals surface area contributed by atoms with Gasteiger partial charge in [-0.05, 0) is 29.6 Å². The number of thioether (sulfide) groups is 1. The molecule has 0 aliphatic carbocycles. The van der Waals surface area contributed by atoms with Crippen molar-refractivity contribution in [1.82, 2.24) is 14.5 Å². The highest BCUT2D eigenvalue weighted by molar-refractivity contribution is 7.98. The van der Waals surface area contributed by atoms with Crippen LogP contribution in [0.2, 0.25) is 0 Å². The van der Waals surface area contributed by atoms with Gasteiger partial charge in [-0.2, -0.15) is 0 Å². The van der Waals surface area contributed by atoms with Crippen molar-refractivity contribution in [3.8, 4) is 22.1 Å². The number of methoxy groups -OCH3 is 2. The Morgan fingerprint density at radius 2 is 2.00 bits per heavy atom. The lowest BCUT2D eigenvalue weighted by Crippen LogP contribution is -2.22. The van der Waals surface area contributed by atoms with E-state index in [-0.39, 0.29) is 5.56 Å². The second-order valence-electron chi connectivity index (χ2n) is 6.24. The Morgan fingerprint density at radius 1 is 1.17 bits per heavy atom. The van der Waals surface area contributed by atoms with Crippen molar-refractivity contribution < 1.29 is 9.47 Å². The van der Waals surface area contributed by atoms with Crippen molar-refractivity contribution in [2.45, 2.75) is 17.5 Å². The van der Waals surface area contributed by atoms with E-state index in [0.717, 1.165) is 21.1 Å². The van der Waals surface area contributed by atoms with Gasteiger partial charge in [0.05, 0.1) is 25.3 Å². The van der Waals surface area contributed by atoms with Crippen LogP contribution in [-0.4, -0.2) is 28.8 Å². The van der Waals surface area contributed by atoms with Crippen LogP contribution in [0.5, 0.6) is 11.5 Å². The number of hydrogen-bond donors (Lipinski definition) is 0. The molecule has 0 spiro atoms. The molecule has 0 aliphatic heterocycles. The molecule has 0 saturated carbocycles. The lowest BCUT2D eigenvalue weighted by molar-refractivity contribution is 0.355. The molecule has 4 rings (SSSR count). The fourth-order valence-electron chi connectivity index (χ4n) is 2.94. The minimum Gasteiger partial charge on any atom is -0.493 e. The number of aromatic nitrogens is 3. The maximum atomic E-state index is 12.7. The normalized spacial score (nSPS) is 11.0. The van der Waals surface area contributed by atoms with E-state index in [0.29, 0.717) is 34.3 Å². The first-order valence-corrected chi connectivity index (χ1v) is 11.8. The number of ether oxygens (including phenoxy) is 2. The lowest BCUT2D eigenvalue weighted by atomic mass is 10.2. The molecule has 6 nitrogen and oxygen atoms in total. The molecular formula is C21H19N3O3S3. The summed E-state index contributed by atoms with van der Waals surface area (Å²) in [6.45, 7) is 4.19. The van der Waals surface area contributed by atoms with Gasteiger partial charge < -0.3 is 9.47 Å². The van der Waals surface area contributed by atoms with E-state index in [1.807, 2.05) is 35.0 Å². The fraction of sp³-hybridized carbons (Fsp3) is 0.190. The number of fused-ring (bicyclic) bond motifs is 1. The Bertz CT molecular complexity index is 1260. The molecule has 0 aliphatic rings. The summed E-state index contributed by atoms with van der Waals surface area (Å²) in [4.78, 5) is 22.9. The number of allylic oxidation sites excluding steroid dienone is 1. The van der Waals surface area contributed by atoms with Crippen molar-refractivity contribution in [3.63, 3.8) is 0 Å². The molecule has 0 saturated heterocycles. The predicted molar refractivity (Wildman–Crippen MR) is 124 cm³/mol. The molecule has 1 aromatic carbocycles. The van der Waals surface area contributed by atoms with Crippen molar-refractivity contribution in [3.05, 3.63) is 63.7 Å². The molecule has 3 aromatic heterocycles. The van der Waals surface area contributed by atoms with Crippen molar-refractivity contribution >= 4 is 44.7 Å². The topological polar surface area (TPSA) is 66.2 Å². The maximum Gasteiger partial charge on any atom is 0.263 e. The largest absolute Gasteiger partial charge is 0.493 e. The molecule has 9 heteroatoms. The monoisotopic (exact) mass is 457 g/mol. The molecule has 0 radical (unpaired) electrons. The summed E-state index contributed by atoms with van der Waals surface area (Å²) < 4.78 is 12.3. The van der Waals surface area contributed by atoms with Crippen LogP contribution in [0.15, 0.2) is 57.6 Å². The van der Waals surface area contributed by atoms with Crippen LogP contribution in [0.25, 0.3) is 20.8 Å². The summed E-state index contributed by atoms with van der Waals surface area (Å²) in [5.74, 6) is 1.97. The first-order chi connectivity index (χ1) is 14.6. The van der Waals surface area contributed by atoms with Crippen molar-refractivity contribution in [2.24, 2.45) is 0 Å². The summed E-state index contributed by atoms with van der Waals surface area (Å²) in [6, 6.07) is 7.57. The van der Waals surface area contributed by atoms with Gasteiger partial charge in [0.1, 0.15) is 9.84 Å². The van der Waals surface area contributed by atoms with Gasteiger partial charge in [-0.1, -0.05) is 17.8 Å². The van der Waals surface area contributed by atoms with Gasteiger partial charge in [-0.3, -0.25) is 9.36 Å². The lowest BCUT2D eigenvalue weighted by Gasteiger charge is -2.09. The zero-order chi connectivity index (χ0) is 21.1. The van der Waals surface area contributed by atoms with E-state index < -0.39 is 0 Å².